The summed E-state index contributed by atoms with van der Waals surface area (Å²) in [6.45, 7) is 7.93. The van der Waals surface area contributed by atoms with Crippen LogP contribution in [0.15, 0.2) is 48.5 Å². The first-order valence-electron chi connectivity index (χ1n) is 11.3. The number of carboxylic acids is 1. The van der Waals surface area contributed by atoms with Crippen molar-refractivity contribution < 1.29 is 24.2 Å². The van der Waals surface area contributed by atoms with Crippen LogP contribution in [0.4, 0.5) is 4.79 Å². The maximum Gasteiger partial charge on any atom is 0.407 e. The smallest absolute Gasteiger partial charge is 0.407 e. The van der Waals surface area contributed by atoms with Gasteiger partial charge in [-0.15, -0.1) is 0 Å². The molecule has 2 aromatic carbocycles. The normalized spacial score (nSPS) is 13.6. The predicted octanol–water partition coefficient (Wildman–Crippen LogP) is 4.26. The first-order chi connectivity index (χ1) is 15.6. The van der Waals surface area contributed by atoms with Gasteiger partial charge < -0.3 is 20.1 Å². The number of benzene rings is 2. The summed E-state index contributed by atoms with van der Waals surface area (Å²) >= 11 is 0. The van der Waals surface area contributed by atoms with Crippen molar-refractivity contribution in [2.45, 2.75) is 46.1 Å². The van der Waals surface area contributed by atoms with E-state index in [0.717, 1.165) is 22.3 Å². The van der Waals surface area contributed by atoms with E-state index in [1.165, 1.54) is 4.90 Å². The van der Waals surface area contributed by atoms with E-state index in [0.29, 0.717) is 6.54 Å². The van der Waals surface area contributed by atoms with Gasteiger partial charge in [-0.1, -0.05) is 69.3 Å². The number of rotatable bonds is 8. The van der Waals surface area contributed by atoms with Crippen LogP contribution < -0.4 is 5.32 Å². The van der Waals surface area contributed by atoms with E-state index in [-0.39, 0.29) is 31.4 Å². The highest BCUT2D eigenvalue weighted by molar-refractivity contribution is 5.87. The van der Waals surface area contributed by atoms with E-state index in [2.05, 4.69) is 17.4 Å². The lowest BCUT2D eigenvalue weighted by Gasteiger charge is -2.34. The lowest BCUT2D eigenvalue weighted by atomic mass is 9.86. The van der Waals surface area contributed by atoms with Gasteiger partial charge in [0.05, 0.1) is 6.42 Å². The van der Waals surface area contributed by atoms with Crippen molar-refractivity contribution in [2.24, 2.45) is 5.41 Å². The van der Waals surface area contributed by atoms with E-state index in [1.54, 1.807) is 6.92 Å². The maximum absolute atomic E-state index is 13.1. The van der Waals surface area contributed by atoms with Gasteiger partial charge in [-0.05, 0) is 34.6 Å². The molecule has 0 bridgehead atoms. The molecule has 0 fully saturated rings. The summed E-state index contributed by atoms with van der Waals surface area (Å²) in [7, 11) is 0. The third-order valence-electron chi connectivity index (χ3n) is 6.01. The Labute approximate surface area is 194 Å². The number of likely N-dealkylation sites (N-methyl/N-ethyl adjacent to an activating group) is 1. The molecule has 3 rings (SSSR count). The number of hydrogen-bond donors (Lipinski definition) is 2. The van der Waals surface area contributed by atoms with Gasteiger partial charge in [0.25, 0.3) is 0 Å². The Bertz CT molecular complexity index is 982. The van der Waals surface area contributed by atoms with Crippen molar-refractivity contribution in [1.29, 1.82) is 0 Å². The van der Waals surface area contributed by atoms with Crippen LogP contribution in [0.5, 0.6) is 0 Å². The van der Waals surface area contributed by atoms with Crippen LogP contribution in [0.1, 0.15) is 51.2 Å². The number of carbonyl (C=O) groups is 3. The molecule has 2 N–H and O–H groups in total. The molecular weight excluding hydrogens is 420 g/mol. The third kappa shape index (κ3) is 5.53. The minimum atomic E-state index is -0.974. The molecule has 0 aliphatic heterocycles. The Kier molecular flexibility index (Phi) is 7.41. The van der Waals surface area contributed by atoms with Crippen molar-refractivity contribution in [2.75, 3.05) is 19.7 Å². The number of ether oxygens (including phenoxy) is 1. The monoisotopic (exact) mass is 452 g/mol. The molecule has 0 unspecified atom stereocenters. The van der Waals surface area contributed by atoms with Crippen molar-refractivity contribution in [1.82, 2.24) is 10.2 Å². The average molecular weight is 453 g/mol. The molecule has 33 heavy (non-hydrogen) atoms. The molecule has 7 heteroatoms. The number of aliphatic carboxylic acids is 1. The maximum atomic E-state index is 13.1. The number of nitrogens with one attached hydrogen (secondary N) is 1. The number of alkyl carbamates (subject to hydrolysis) is 1. The number of amides is 2. The van der Waals surface area contributed by atoms with Gasteiger partial charge in [-0.2, -0.15) is 0 Å². The molecule has 2 aromatic rings. The summed E-state index contributed by atoms with van der Waals surface area (Å²) in [6, 6.07) is 15.3. The van der Waals surface area contributed by atoms with E-state index >= 15 is 0 Å². The van der Waals surface area contributed by atoms with E-state index < -0.39 is 23.5 Å². The molecule has 176 valence electrons. The average Bonchev–Trinajstić information content (AvgIpc) is 3.09. The van der Waals surface area contributed by atoms with Crippen molar-refractivity contribution in [3.8, 4) is 11.1 Å². The van der Waals surface area contributed by atoms with E-state index in [1.807, 2.05) is 57.2 Å². The van der Waals surface area contributed by atoms with Gasteiger partial charge in [0.2, 0.25) is 5.91 Å². The van der Waals surface area contributed by atoms with E-state index in [9.17, 15) is 14.4 Å². The first-order valence-corrected chi connectivity index (χ1v) is 11.3. The fraction of sp³-hybridized carbons (Fsp3) is 0.423. The van der Waals surface area contributed by atoms with Gasteiger partial charge in [0.1, 0.15) is 12.6 Å². The van der Waals surface area contributed by atoms with Crippen molar-refractivity contribution in [3.05, 3.63) is 59.7 Å². The second-order valence-corrected chi connectivity index (χ2v) is 9.33. The van der Waals surface area contributed by atoms with Crippen LogP contribution in [0, 0.1) is 5.41 Å². The van der Waals surface area contributed by atoms with Gasteiger partial charge in [0.15, 0.2) is 0 Å². The molecule has 1 aliphatic carbocycles. The molecule has 0 spiro atoms. The number of fused-ring (bicyclic) bond motifs is 3. The predicted molar refractivity (Wildman–Crippen MR) is 126 cm³/mol. The lowest BCUT2D eigenvalue weighted by Crippen LogP contribution is -2.55. The number of hydrogen-bond acceptors (Lipinski definition) is 4. The Balaban J connectivity index is 1.70. The van der Waals surface area contributed by atoms with Crippen LogP contribution in [-0.2, 0) is 14.3 Å². The molecule has 7 nitrogen and oxygen atoms in total. The van der Waals surface area contributed by atoms with Gasteiger partial charge in [-0.25, -0.2) is 4.79 Å². The third-order valence-corrected chi connectivity index (χ3v) is 6.01. The Hall–Kier alpha value is -3.35. The Morgan fingerprint density at radius 2 is 1.58 bits per heavy atom. The summed E-state index contributed by atoms with van der Waals surface area (Å²) in [5, 5.41) is 11.7. The van der Waals surface area contributed by atoms with Gasteiger partial charge in [0, 0.05) is 19.0 Å². The molecule has 1 aliphatic rings. The number of carboxylic acid groups (broad SMARTS) is 1. The molecule has 2 amide bonds. The number of nitrogens with zero attached hydrogens (tertiary/aromatic N) is 1. The molecule has 1 atom stereocenters. The highest BCUT2D eigenvalue weighted by atomic mass is 16.5. The quantitative estimate of drug-likeness (QED) is 0.624. The standard InChI is InChI=1S/C26H32N2O5/c1-5-28(15-14-22(29)30)24(31)23(26(2,3)4)27-25(32)33-16-21-19-12-8-6-10-17(19)18-11-7-9-13-20(18)21/h6-13,21,23H,5,14-16H2,1-4H3,(H,27,32)(H,29,30)/t23-/m1/s1. The highest BCUT2D eigenvalue weighted by Crippen LogP contribution is 2.44. The summed E-state index contributed by atoms with van der Waals surface area (Å²) < 4.78 is 5.61. The van der Waals surface area contributed by atoms with Crippen LogP contribution in [0.2, 0.25) is 0 Å². The topological polar surface area (TPSA) is 95.9 Å². The summed E-state index contributed by atoms with van der Waals surface area (Å²) in [5.74, 6) is -1.37. The zero-order chi connectivity index (χ0) is 24.2. The summed E-state index contributed by atoms with van der Waals surface area (Å²) in [4.78, 5) is 38.3. The first kappa shape index (κ1) is 24.3. The minimum absolute atomic E-state index is 0.0744. The second-order valence-electron chi connectivity index (χ2n) is 9.33. The molecule has 0 heterocycles. The fourth-order valence-electron chi connectivity index (χ4n) is 4.24. The number of carbonyl (C=O) groups excluding carboxylic acids is 2. The second kappa shape index (κ2) is 10.1. The fourth-order valence-corrected chi connectivity index (χ4v) is 4.24. The van der Waals surface area contributed by atoms with Crippen molar-refractivity contribution >= 4 is 18.0 Å². The molecule has 0 saturated heterocycles. The van der Waals surface area contributed by atoms with Crippen LogP contribution in [0.25, 0.3) is 11.1 Å². The summed E-state index contributed by atoms with van der Waals surface area (Å²) in [6.07, 6.45) is -0.819. The molecular formula is C26H32N2O5. The van der Waals surface area contributed by atoms with Crippen molar-refractivity contribution in [3.63, 3.8) is 0 Å². The molecule has 0 aromatic heterocycles. The lowest BCUT2D eigenvalue weighted by molar-refractivity contribution is -0.139. The van der Waals surface area contributed by atoms with Crippen LogP contribution >= 0.6 is 0 Å². The summed E-state index contributed by atoms with van der Waals surface area (Å²) in [5.41, 5.74) is 3.92. The zero-order valence-corrected chi connectivity index (χ0v) is 19.6. The highest BCUT2D eigenvalue weighted by Gasteiger charge is 2.36. The zero-order valence-electron chi connectivity index (χ0n) is 19.6. The van der Waals surface area contributed by atoms with Gasteiger partial charge in [-0.3, -0.25) is 9.59 Å². The van der Waals surface area contributed by atoms with Gasteiger partial charge >= 0.3 is 12.1 Å². The van der Waals surface area contributed by atoms with Crippen LogP contribution in [0.3, 0.4) is 0 Å². The SMILES string of the molecule is CCN(CCC(=O)O)C(=O)[C@@H](NC(=O)OCC1c2ccccc2-c2ccccc21)C(C)(C)C. The van der Waals surface area contributed by atoms with Crippen LogP contribution in [-0.4, -0.2) is 53.7 Å². The molecule has 0 radical (unpaired) electrons. The van der Waals surface area contributed by atoms with E-state index in [4.69, 9.17) is 9.84 Å². The molecule has 0 saturated carbocycles. The Morgan fingerprint density at radius 1 is 1.03 bits per heavy atom. The Morgan fingerprint density at radius 3 is 2.06 bits per heavy atom. The minimum Gasteiger partial charge on any atom is -0.481 e. The largest absolute Gasteiger partial charge is 0.481 e.